The van der Waals surface area contributed by atoms with Crippen LogP contribution in [0, 0.1) is 24.4 Å². The van der Waals surface area contributed by atoms with Crippen LogP contribution in [0.2, 0.25) is 0 Å². The van der Waals surface area contributed by atoms with Crippen LogP contribution in [0.15, 0.2) is 56.7 Å². The number of rotatable bonds is 3. The van der Waals surface area contributed by atoms with E-state index < -0.39 is 44.4 Å². The van der Waals surface area contributed by atoms with E-state index in [0.717, 1.165) is 12.3 Å². The van der Waals surface area contributed by atoms with Gasteiger partial charge in [-0.25, -0.2) is 31.4 Å². The molecule has 0 amide bonds. The molecule has 2 aromatic carbocycles. The second-order valence-electron chi connectivity index (χ2n) is 7.82. The smallest absolute Gasteiger partial charge is 0.362 e. The van der Waals surface area contributed by atoms with Crippen LogP contribution in [0.25, 0.3) is 32.9 Å². The van der Waals surface area contributed by atoms with E-state index in [9.17, 15) is 26.4 Å². The minimum Gasteiger partial charge on any atom is -0.402 e. The molecule has 6 nitrogen and oxygen atoms in total. The number of sulfone groups is 1. The molecule has 3 heterocycles. The van der Waals surface area contributed by atoms with E-state index >= 15 is 0 Å². The Morgan fingerprint density at radius 2 is 1.82 bits per heavy atom. The van der Waals surface area contributed by atoms with Gasteiger partial charge in [0.2, 0.25) is 5.71 Å². The second-order valence-corrected chi connectivity index (χ2v) is 9.84. The summed E-state index contributed by atoms with van der Waals surface area (Å²) in [4.78, 5) is 16.6. The molecule has 168 valence electrons. The zero-order chi connectivity index (χ0) is 23.7. The van der Waals surface area contributed by atoms with Crippen LogP contribution in [0.5, 0.6) is 0 Å². The maximum absolute atomic E-state index is 14.7. The SMILES string of the molecule is Cc1cc2c3c4cccnc4oc(=O)c3n(Cc3cc(S(C)(=O)=O)cc(F)c3F)c2cc1F. The monoisotopic (exact) mass is 472 g/mol. The number of pyridine rings is 1. The summed E-state index contributed by atoms with van der Waals surface area (Å²) >= 11 is 0. The molecular formula is C23H15F3N2O4S. The molecule has 0 aliphatic heterocycles. The second kappa shape index (κ2) is 7.17. The van der Waals surface area contributed by atoms with Crippen molar-refractivity contribution in [3.05, 3.63) is 81.6 Å². The summed E-state index contributed by atoms with van der Waals surface area (Å²) in [6, 6.07) is 7.67. The Bertz CT molecular complexity index is 1790. The van der Waals surface area contributed by atoms with Gasteiger partial charge in [0.1, 0.15) is 11.3 Å². The van der Waals surface area contributed by atoms with E-state index in [4.69, 9.17) is 4.42 Å². The van der Waals surface area contributed by atoms with Gasteiger partial charge in [-0.15, -0.1) is 0 Å². The van der Waals surface area contributed by atoms with Crippen molar-refractivity contribution in [3.63, 3.8) is 0 Å². The van der Waals surface area contributed by atoms with Crippen LogP contribution in [0.4, 0.5) is 13.2 Å². The maximum atomic E-state index is 14.7. The van der Waals surface area contributed by atoms with E-state index in [1.807, 2.05) is 0 Å². The predicted octanol–water partition coefficient (Wildman–Crippen LogP) is 4.47. The van der Waals surface area contributed by atoms with Crippen molar-refractivity contribution in [1.82, 2.24) is 9.55 Å². The lowest BCUT2D eigenvalue weighted by atomic mass is 10.1. The lowest BCUT2D eigenvalue weighted by Gasteiger charge is -2.11. The molecular weight excluding hydrogens is 457 g/mol. The molecule has 5 rings (SSSR count). The summed E-state index contributed by atoms with van der Waals surface area (Å²) in [5.41, 5.74) is -0.483. The number of fused-ring (bicyclic) bond motifs is 5. The first kappa shape index (κ1) is 21.2. The molecule has 0 fully saturated rings. The number of aryl methyl sites for hydroxylation is 1. The lowest BCUT2D eigenvalue weighted by molar-refractivity contribution is 0.492. The number of aromatic nitrogens is 2. The quantitative estimate of drug-likeness (QED) is 0.362. The van der Waals surface area contributed by atoms with Gasteiger partial charge in [0.05, 0.1) is 17.0 Å². The molecule has 0 aliphatic rings. The van der Waals surface area contributed by atoms with Gasteiger partial charge in [-0.05, 0) is 48.9 Å². The van der Waals surface area contributed by atoms with Crippen LogP contribution in [-0.2, 0) is 16.4 Å². The van der Waals surface area contributed by atoms with Crippen LogP contribution in [-0.4, -0.2) is 24.2 Å². The number of nitrogens with zero attached hydrogens (tertiary/aromatic N) is 2. The standard InChI is InChI=1S/C23H15F3N2O4S/c1-11-6-15-18(9-16(11)24)28(10-12-7-13(33(2,30)31)8-17(25)20(12)26)21-19(15)14-4-3-5-27-22(14)32-23(21)29/h3-9H,10H2,1-2H3. The molecule has 0 saturated heterocycles. The third-order valence-corrected chi connectivity index (χ3v) is 6.69. The van der Waals surface area contributed by atoms with Crippen molar-refractivity contribution >= 4 is 42.7 Å². The van der Waals surface area contributed by atoms with Gasteiger partial charge in [0.15, 0.2) is 21.5 Å². The fourth-order valence-electron chi connectivity index (χ4n) is 4.04. The van der Waals surface area contributed by atoms with Crippen molar-refractivity contribution in [2.75, 3.05) is 6.26 Å². The minimum absolute atomic E-state index is 0.0000619. The van der Waals surface area contributed by atoms with Crippen LogP contribution < -0.4 is 5.63 Å². The Labute approximate surface area is 184 Å². The van der Waals surface area contributed by atoms with E-state index in [1.54, 1.807) is 25.1 Å². The van der Waals surface area contributed by atoms with Crippen molar-refractivity contribution in [1.29, 1.82) is 0 Å². The van der Waals surface area contributed by atoms with E-state index in [-0.39, 0.29) is 22.3 Å². The van der Waals surface area contributed by atoms with Crippen molar-refractivity contribution < 1.29 is 26.0 Å². The molecule has 0 N–H and O–H groups in total. The van der Waals surface area contributed by atoms with Crippen molar-refractivity contribution in [3.8, 4) is 0 Å². The first-order chi connectivity index (χ1) is 15.6. The molecule has 3 aromatic heterocycles. The van der Waals surface area contributed by atoms with Crippen LogP contribution in [0.3, 0.4) is 0 Å². The average molecular weight is 472 g/mol. The first-order valence-corrected chi connectivity index (χ1v) is 11.6. The van der Waals surface area contributed by atoms with Gasteiger partial charge in [-0.3, -0.25) is 0 Å². The van der Waals surface area contributed by atoms with Gasteiger partial charge in [-0.2, -0.15) is 0 Å². The summed E-state index contributed by atoms with van der Waals surface area (Å²) in [6.45, 7) is 1.12. The third kappa shape index (κ3) is 3.29. The Balaban J connectivity index is 1.92. The van der Waals surface area contributed by atoms with E-state index in [2.05, 4.69) is 4.98 Å². The molecule has 10 heteroatoms. The minimum atomic E-state index is -3.84. The largest absolute Gasteiger partial charge is 0.402 e. The molecule has 0 unspecified atom stereocenters. The van der Waals surface area contributed by atoms with Crippen LogP contribution in [0.1, 0.15) is 11.1 Å². The molecule has 5 aromatic rings. The van der Waals surface area contributed by atoms with Gasteiger partial charge < -0.3 is 8.98 Å². The Morgan fingerprint density at radius 1 is 1.06 bits per heavy atom. The fraction of sp³-hybridized carbons (Fsp3) is 0.130. The summed E-state index contributed by atoms with van der Waals surface area (Å²) in [7, 11) is -3.84. The Morgan fingerprint density at radius 3 is 2.55 bits per heavy atom. The number of benzene rings is 2. The molecule has 0 bridgehead atoms. The highest BCUT2D eigenvalue weighted by Gasteiger charge is 2.23. The summed E-state index contributed by atoms with van der Waals surface area (Å²) in [5.74, 6) is -3.18. The molecule has 0 radical (unpaired) electrons. The first-order valence-electron chi connectivity index (χ1n) is 9.74. The summed E-state index contributed by atoms with van der Waals surface area (Å²) in [6.07, 6.45) is 2.33. The Hall–Kier alpha value is -3.66. The van der Waals surface area contributed by atoms with Crippen molar-refractivity contribution in [2.24, 2.45) is 0 Å². The number of hydrogen-bond acceptors (Lipinski definition) is 5. The molecule has 0 aliphatic carbocycles. The van der Waals surface area contributed by atoms with Crippen molar-refractivity contribution in [2.45, 2.75) is 18.4 Å². The topological polar surface area (TPSA) is 82.2 Å². The normalized spacial score (nSPS) is 12.3. The summed E-state index contributed by atoms with van der Waals surface area (Å²) < 4.78 is 74.0. The zero-order valence-corrected chi connectivity index (χ0v) is 18.1. The fourth-order valence-corrected chi connectivity index (χ4v) is 4.72. The van der Waals surface area contributed by atoms with Gasteiger partial charge in [0, 0.05) is 34.2 Å². The molecule has 0 atom stereocenters. The maximum Gasteiger partial charge on any atom is 0.362 e. The zero-order valence-electron chi connectivity index (χ0n) is 17.3. The van der Waals surface area contributed by atoms with Gasteiger partial charge in [-0.1, -0.05) is 0 Å². The van der Waals surface area contributed by atoms with Gasteiger partial charge >= 0.3 is 5.63 Å². The highest BCUT2D eigenvalue weighted by atomic mass is 32.2. The van der Waals surface area contributed by atoms with Gasteiger partial charge in [0.25, 0.3) is 0 Å². The molecule has 0 saturated carbocycles. The van der Waals surface area contributed by atoms with E-state index in [0.29, 0.717) is 27.8 Å². The predicted molar refractivity (Wildman–Crippen MR) is 117 cm³/mol. The Kier molecular flexibility index (Phi) is 4.61. The highest BCUT2D eigenvalue weighted by Crippen LogP contribution is 2.34. The highest BCUT2D eigenvalue weighted by molar-refractivity contribution is 7.90. The summed E-state index contributed by atoms with van der Waals surface area (Å²) in [5, 5.41) is 1.40. The van der Waals surface area contributed by atoms with E-state index in [1.165, 1.54) is 16.8 Å². The average Bonchev–Trinajstić information content (AvgIpc) is 3.05. The number of halogens is 3. The lowest BCUT2D eigenvalue weighted by Crippen LogP contribution is -2.11. The molecule has 33 heavy (non-hydrogen) atoms. The molecule has 0 spiro atoms. The third-order valence-electron chi connectivity index (χ3n) is 5.60. The number of hydrogen-bond donors (Lipinski definition) is 0. The van der Waals surface area contributed by atoms with Crippen LogP contribution >= 0.6 is 0 Å².